The van der Waals surface area contributed by atoms with Crippen LogP contribution in [0, 0.1) is 5.92 Å². The molecule has 126 valence electrons. The molecule has 8 heteroatoms. The molecule has 1 aromatic carbocycles. The van der Waals surface area contributed by atoms with E-state index in [4.69, 9.17) is 0 Å². The van der Waals surface area contributed by atoms with E-state index in [0.29, 0.717) is 11.4 Å². The molecule has 0 unspecified atom stereocenters. The minimum Gasteiger partial charge on any atom is -0.355 e. The number of hydrogen-bond acceptors (Lipinski definition) is 4. The van der Waals surface area contributed by atoms with Crippen LogP contribution in [0.25, 0.3) is 0 Å². The second-order valence-corrected chi connectivity index (χ2v) is 7.44. The molecule has 0 bridgehead atoms. The standard InChI is InChI=1S/C15H21N3O4S/c1-11(19)17-13-6-3-7-14(10-13)18-23(21,22)9-8-16-15(20)12-4-2-5-12/h3,6-7,10,12,18H,2,4-5,8-9H2,1H3,(H,16,20)(H,17,19). The summed E-state index contributed by atoms with van der Waals surface area (Å²) < 4.78 is 26.5. The fraction of sp³-hybridized carbons (Fsp3) is 0.467. The predicted octanol–water partition coefficient (Wildman–Crippen LogP) is 1.30. The molecule has 0 atom stereocenters. The second kappa shape index (κ2) is 7.45. The molecule has 7 nitrogen and oxygen atoms in total. The van der Waals surface area contributed by atoms with Gasteiger partial charge in [-0.05, 0) is 31.0 Å². The van der Waals surface area contributed by atoms with Crippen LogP contribution in [0.2, 0.25) is 0 Å². The maximum atomic E-state index is 12.0. The zero-order valence-electron chi connectivity index (χ0n) is 13.0. The van der Waals surface area contributed by atoms with Gasteiger partial charge in [-0.25, -0.2) is 8.42 Å². The Morgan fingerprint density at radius 3 is 2.52 bits per heavy atom. The van der Waals surface area contributed by atoms with Gasteiger partial charge in [0, 0.05) is 25.1 Å². The number of benzene rings is 1. The monoisotopic (exact) mass is 339 g/mol. The van der Waals surface area contributed by atoms with E-state index in [1.807, 2.05) is 0 Å². The number of anilines is 2. The summed E-state index contributed by atoms with van der Waals surface area (Å²) >= 11 is 0. The van der Waals surface area contributed by atoms with Crippen LogP contribution in [-0.2, 0) is 19.6 Å². The van der Waals surface area contributed by atoms with E-state index in [1.54, 1.807) is 18.2 Å². The highest BCUT2D eigenvalue weighted by atomic mass is 32.2. The highest BCUT2D eigenvalue weighted by Gasteiger charge is 2.25. The van der Waals surface area contributed by atoms with E-state index in [-0.39, 0.29) is 30.0 Å². The molecule has 1 fully saturated rings. The quantitative estimate of drug-likeness (QED) is 0.696. The molecule has 0 heterocycles. The van der Waals surface area contributed by atoms with Crippen molar-refractivity contribution >= 4 is 33.2 Å². The van der Waals surface area contributed by atoms with Gasteiger partial charge in [0.25, 0.3) is 0 Å². The van der Waals surface area contributed by atoms with Crippen molar-refractivity contribution < 1.29 is 18.0 Å². The Morgan fingerprint density at radius 1 is 1.22 bits per heavy atom. The first kappa shape index (κ1) is 17.3. The lowest BCUT2D eigenvalue weighted by molar-refractivity contribution is -0.127. The van der Waals surface area contributed by atoms with Crippen LogP contribution in [0.1, 0.15) is 26.2 Å². The molecule has 1 aliphatic carbocycles. The SMILES string of the molecule is CC(=O)Nc1cccc(NS(=O)(=O)CCNC(=O)C2CCC2)c1. The third-order valence-corrected chi connectivity index (χ3v) is 4.89. The number of rotatable bonds is 7. The summed E-state index contributed by atoms with van der Waals surface area (Å²) in [5, 5.41) is 5.23. The van der Waals surface area contributed by atoms with E-state index < -0.39 is 10.0 Å². The summed E-state index contributed by atoms with van der Waals surface area (Å²) in [5.41, 5.74) is 0.873. The van der Waals surface area contributed by atoms with Gasteiger partial charge in [0.1, 0.15) is 0 Å². The first-order chi connectivity index (χ1) is 10.9. The third kappa shape index (κ3) is 5.55. The van der Waals surface area contributed by atoms with E-state index in [1.165, 1.54) is 13.0 Å². The van der Waals surface area contributed by atoms with Crippen LogP contribution in [0.15, 0.2) is 24.3 Å². The Hall–Kier alpha value is -2.09. The summed E-state index contributed by atoms with van der Waals surface area (Å²) in [6, 6.07) is 6.43. The molecule has 2 amide bonds. The topological polar surface area (TPSA) is 104 Å². The number of amides is 2. The third-order valence-electron chi connectivity index (χ3n) is 3.60. The molecule has 23 heavy (non-hydrogen) atoms. The van der Waals surface area contributed by atoms with Gasteiger partial charge in [-0.2, -0.15) is 0 Å². The van der Waals surface area contributed by atoms with Crippen molar-refractivity contribution in [2.75, 3.05) is 22.3 Å². The molecule has 0 aromatic heterocycles. The molecule has 1 saturated carbocycles. The molecule has 0 aliphatic heterocycles. The molecular weight excluding hydrogens is 318 g/mol. The van der Waals surface area contributed by atoms with Crippen LogP contribution in [-0.4, -0.2) is 32.5 Å². The van der Waals surface area contributed by atoms with Gasteiger partial charge < -0.3 is 10.6 Å². The normalized spacial score (nSPS) is 14.7. The summed E-state index contributed by atoms with van der Waals surface area (Å²) in [6.45, 7) is 1.46. The van der Waals surface area contributed by atoms with Crippen molar-refractivity contribution in [2.45, 2.75) is 26.2 Å². The number of nitrogens with one attached hydrogen (secondary N) is 3. The van der Waals surface area contributed by atoms with E-state index in [2.05, 4.69) is 15.4 Å². The van der Waals surface area contributed by atoms with E-state index >= 15 is 0 Å². The zero-order chi connectivity index (χ0) is 16.9. The van der Waals surface area contributed by atoms with Crippen molar-refractivity contribution in [1.29, 1.82) is 0 Å². The summed E-state index contributed by atoms with van der Waals surface area (Å²) in [7, 11) is -3.57. The fourth-order valence-electron chi connectivity index (χ4n) is 2.22. The molecule has 1 aromatic rings. The van der Waals surface area contributed by atoms with Gasteiger partial charge in [-0.3, -0.25) is 14.3 Å². The van der Waals surface area contributed by atoms with Crippen molar-refractivity contribution in [3.8, 4) is 0 Å². The number of carbonyl (C=O) groups is 2. The minimum absolute atomic E-state index is 0.0417. The second-order valence-electron chi connectivity index (χ2n) is 5.60. The van der Waals surface area contributed by atoms with Crippen LogP contribution in [0.5, 0.6) is 0 Å². The largest absolute Gasteiger partial charge is 0.355 e. The smallest absolute Gasteiger partial charge is 0.234 e. The first-order valence-electron chi connectivity index (χ1n) is 7.51. The fourth-order valence-corrected chi connectivity index (χ4v) is 3.18. The molecule has 3 N–H and O–H groups in total. The highest BCUT2D eigenvalue weighted by Crippen LogP contribution is 2.26. The summed E-state index contributed by atoms with van der Waals surface area (Å²) in [5.74, 6) is -0.460. The van der Waals surface area contributed by atoms with Crippen molar-refractivity contribution in [1.82, 2.24) is 5.32 Å². The van der Waals surface area contributed by atoms with Gasteiger partial charge in [-0.15, -0.1) is 0 Å². The Morgan fingerprint density at radius 2 is 1.91 bits per heavy atom. The molecule has 1 aliphatic rings. The summed E-state index contributed by atoms with van der Waals surface area (Å²) in [4.78, 5) is 22.7. The van der Waals surface area contributed by atoms with Crippen LogP contribution < -0.4 is 15.4 Å². The van der Waals surface area contributed by atoms with Gasteiger partial charge >= 0.3 is 0 Å². The van der Waals surface area contributed by atoms with Gasteiger partial charge in [-0.1, -0.05) is 12.5 Å². The van der Waals surface area contributed by atoms with E-state index in [9.17, 15) is 18.0 Å². The first-order valence-corrected chi connectivity index (χ1v) is 9.17. The highest BCUT2D eigenvalue weighted by molar-refractivity contribution is 7.92. The van der Waals surface area contributed by atoms with Gasteiger partial charge in [0.2, 0.25) is 21.8 Å². The van der Waals surface area contributed by atoms with Crippen LogP contribution >= 0.6 is 0 Å². The lowest BCUT2D eigenvalue weighted by Gasteiger charge is -2.24. The lowest BCUT2D eigenvalue weighted by Crippen LogP contribution is -2.37. The van der Waals surface area contributed by atoms with Crippen molar-refractivity contribution in [3.63, 3.8) is 0 Å². The lowest BCUT2D eigenvalue weighted by atomic mass is 9.85. The number of hydrogen-bond donors (Lipinski definition) is 3. The van der Waals surface area contributed by atoms with Crippen LogP contribution in [0.3, 0.4) is 0 Å². The molecule has 2 rings (SSSR count). The molecular formula is C15H21N3O4S. The minimum atomic E-state index is -3.57. The Kier molecular flexibility index (Phi) is 5.59. The Bertz CT molecular complexity index is 684. The maximum absolute atomic E-state index is 12.0. The maximum Gasteiger partial charge on any atom is 0.234 e. The van der Waals surface area contributed by atoms with Gasteiger partial charge in [0.05, 0.1) is 11.4 Å². The Labute approximate surface area is 135 Å². The zero-order valence-corrected chi connectivity index (χ0v) is 13.8. The predicted molar refractivity (Wildman–Crippen MR) is 88.5 cm³/mol. The summed E-state index contributed by atoms with van der Waals surface area (Å²) in [6.07, 6.45) is 2.82. The molecule has 0 radical (unpaired) electrons. The average Bonchev–Trinajstić information content (AvgIpc) is 2.35. The van der Waals surface area contributed by atoms with Gasteiger partial charge in [0.15, 0.2) is 0 Å². The average molecular weight is 339 g/mol. The molecule has 0 saturated heterocycles. The van der Waals surface area contributed by atoms with E-state index in [0.717, 1.165) is 19.3 Å². The number of carbonyl (C=O) groups excluding carboxylic acids is 2. The van der Waals surface area contributed by atoms with Crippen molar-refractivity contribution in [2.24, 2.45) is 5.92 Å². The number of sulfonamides is 1. The Balaban J connectivity index is 1.85. The van der Waals surface area contributed by atoms with Crippen molar-refractivity contribution in [3.05, 3.63) is 24.3 Å². The van der Waals surface area contributed by atoms with Crippen LogP contribution in [0.4, 0.5) is 11.4 Å². The molecule has 0 spiro atoms.